The molecule has 0 bridgehead atoms. The highest BCUT2D eigenvalue weighted by atomic mass is 16.5. The summed E-state index contributed by atoms with van der Waals surface area (Å²) in [6.07, 6.45) is 6.24. The molecule has 0 radical (unpaired) electrons. The van der Waals surface area contributed by atoms with Gasteiger partial charge in [-0.3, -0.25) is 0 Å². The van der Waals surface area contributed by atoms with Crippen LogP contribution in [0.25, 0.3) is 0 Å². The minimum absolute atomic E-state index is 0.191. The molecule has 0 saturated carbocycles. The van der Waals surface area contributed by atoms with Gasteiger partial charge in [0.2, 0.25) is 5.88 Å². The summed E-state index contributed by atoms with van der Waals surface area (Å²) in [6, 6.07) is 7.21. The Morgan fingerprint density at radius 1 is 1.36 bits per heavy atom. The van der Waals surface area contributed by atoms with Crippen LogP contribution in [0.15, 0.2) is 30.4 Å². The molecule has 0 atom stereocenters. The van der Waals surface area contributed by atoms with Gasteiger partial charge >= 0.3 is 0 Å². The van der Waals surface area contributed by atoms with Gasteiger partial charge in [-0.15, -0.1) is 0 Å². The summed E-state index contributed by atoms with van der Waals surface area (Å²) in [4.78, 5) is 4.04. The van der Waals surface area contributed by atoms with Crippen LogP contribution in [0.2, 0.25) is 0 Å². The highest BCUT2D eigenvalue weighted by Crippen LogP contribution is 2.17. The van der Waals surface area contributed by atoms with Crippen LogP contribution in [0.3, 0.4) is 0 Å². The van der Waals surface area contributed by atoms with Crippen LogP contribution in [0.1, 0.15) is 18.5 Å². The standard InChI is InChI=1S/C11H10N2O/c12-8-9-4-3-7-11(13-9)14-10-5-1-2-6-10/h1-4,7,10H,5-6H2. The van der Waals surface area contributed by atoms with Crippen molar-refractivity contribution in [2.75, 3.05) is 0 Å². The first kappa shape index (κ1) is 8.76. The molecular formula is C11H10N2O. The summed E-state index contributed by atoms with van der Waals surface area (Å²) in [5.74, 6) is 0.540. The maximum absolute atomic E-state index is 8.64. The molecule has 0 fully saturated rings. The lowest BCUT2D eigenvalue weighted by molar-refractivity contribution is 0.207. The van der Waals surface area contributed by atoms with E-state index in [9.17, 15) is 0 Å². The van der Waals surface area contributed by atoms with Crippen LogP contribution in [0.4, 0.5) is 0 Å². The van der Waals surface area contributed by atoms with Gasteiger partial charge in [-0.1, -0.05) is 18.2 Å². The zero-order valence-electron chi connectivity index (χ0n) is 7.68. The average Bonchev–Trinajstić information content (AvgIpc) is 2.71. The van der Waals surface area contributed by atoms with Crippen molar-refractivity contribution in [3.63, 3.8) is 0 Å². The van der Waals surface area contributed by atoms with Crippen LogP contribution in [0, 0.1) is 11.3 Å². The van der Waals surface area contributed by atoms with Gasteiger partial charge in [0.1, 0.15) is 17.9 Å². The molecule has 70 valence electrons. The lowest BCUT2D eigenvalue weighted by Crippen LogP contribution is -2.12. The molecule has 0 aromatic carbocycles. The molecule has 0 aliphatic heterocycles. The molecule has 0 unspecified atom stereocenters. The van der Waals surface area contributed by atoms with Gasteiger partial charge in [-0.25, -0.2) is 4.98 Å². The number of hydrogen-bond acceptors (Lipinski definition) is 3. The number of pyridine rings is 1. The minimum Gasteiger partial charge on any atom is -0.474 e. The van der Waals surface area contributed by atoms with Crippen molar-refractivity contribution < 1.29 is 4.74 Å². The van der Waals surface area contributed by atoms with Crippen molar-refractivity contribution in [2.24, 2.45) is 0 Å². The Bertz CT molecular complexity index is 385. The zero-order valence-corrected chi connectivity index (χ0v) is 7.68. The molecule has 1 heterocycles. The summed E-state index contributed by atoms with van der Waals surface area (Å²) in [5.41, 5.74) is 0.397. The van der Waals surface area contributed by atoms with Gasteiger partial charge in [0, 0.05) is 18.9 Å². The molecule has 0 saturated heterocycles. The molecule has 3 nitrogen and oxygen atoms in total. The average molecular weight is 186 g/mol. The summed E-state index contributed by atoms with van der Waals surface area (Å²) < 4.78 is 5.59. The topological polar surface area (TPSA) is 45.9 Å². The van der Waals surface area contributed by atoms with E-state index < -0.39 is 0 Å². The minimum atomic E-state index is 0.191. The first-order chi connectivity index (χ1) is 6.88. The quantitative estimate of drug-likeness (QED) is 0.664. The van der Waals surface area contributed by atoms with E-state index in [4.69, 9.17) is 10.00 Å². The van der Waals surface area contributed by atoms with Gasteiger partial charge < -0.3 is 4.74 Å². The first-order valence-electron chi connectivity index (χ1n) is 4.57. The van der Waals surface area contributed by atoms with Gasteiger partial charge in [0.15, 0.2) is 0 Å². The Hall–Kier alpha value is -1.82. The van der Waals surface area contributed by atoms with Gasteiger partial charge in [-0.2, -0.15) is 5.26 Å². The Morgan fingerprint density at radius 2 is 2.14 bits per heavy atom. The second-order valence-electron chi connectivity index (χ2n) is 3.16. The molecule has 3 heteroatoms. The van der Waals surface area contributed by atoms with Gasteiger partial charge in [-0.05, 0) is 6.07 Å². The fourth-order valence-corrected chi connectivity index (χ4v) is 1.40. The number of nitriles is 1. The fraction of sp³-hybridized carbons (Fsp3) is 0.273. The summed E-state index contributed by atoms with van der Waals surface area (Å²) in [5, 5.41) is 8.64. The van der Waals surface area contributed by atoms with E-state index in [1.165, 1.54) is 0 Å². The fourth-order valence-electron chi connectivity index (χ4n) is 1.40. The highest BCUT2D eigenvalue weighted by Gasteiger charge is 2.12. The van der Waals surface area contributed by atoms with Crippen molar-refractivity contribution >= 4 is 0 Å². The Balaban J connectivity index is 2.06. The predicted octanol–water partition coefficient (Wildman–Crippen LogP) is 2.05. The summed E-state index contributed by atoms with van der Waals surface area (Å²) in [6.45, 7) is 0. The van der Waals surface area contributed by atoms with Crippen LogP contribution in [0.5, 0.6) is 5.88 Å². The van der Waals surface area contributed by atoms with Crippen LogP contribution >= 0.6 is 0 Å². The zero-order chi connectivity index (χ0) is 9.80. The SMILES string of the molecule is N#Cc1cccc(OC2CC=CC2)n1. The molecule has 2 rings (SSSR count). The number of aromatic nitrogens is 1. The number of nitrogens with zero attached hydrogens (tertiary/aromatic N) is 2. The van der Waals surface area contributed by atoms with E-state index in [1.807, 2.05) is 6.07 Å². The van der Waals surface area contributed by atoms with Crippen molar-refractivity contribution in [1.82, 2.24) is 4.98 Å². The molecule has 14 heavy (non-hydrogen) atoms. The molecule has 1 aliphatic rings. The third kappa shape index (κ3) is 1.91. The van der Waals surface area contributed by atoms with E-state index in [1.54, 1.807) is 18.2 Å². The Morgan fingerprint density at radius 3 is 2.86 bits per heavy atom. The second kappa shape index (κ2) is 3.93. The summed E-state index contributed by atoms with van der Waals surface area (Å²) >= 11 is 0. The van der Waals surface area contributed by atoms with E-state index in [2.05, 4.69) is 17.1 Å². The van der Waals surface area contributed by atoms with Crippen molar-refractivity contribution in [1.29, 1.82) is 5.26 Å². The summed E-state index contributed by atoms with van der Waals surface area (Å²) in [7, 11) is 0. The number of ether oxygens (including phenoxy) is 1. The van der Waals surface area contributed by atoms with Crippen molar-refractivity contribution in [3.05, 3.63) is 36.0 Å². The normalized spacial score (nSPS) is 15.4. The Kier molecular flexibility index (Phi) is 2.46. The lowest BCUT2D eigenvalue weighted by atomic mass is 10.3. The molecule has 0 N–H and O–H groups in total. The molecule has 1 aromatic rings. The molecular weight excluding hydrogens is 176 g/mol. The van der Waals surface area contributed by atoms with E-state index >= 15 is 0 Å². The van der Waals surface area contributed by atoms with Crippen molar-refractivity contribution in [3.8, 4) is 11.9 Å². The third-order valence-electron chi connectivity index (χ3n) is 2.09. The third-order valence-corrected chi connectivity index (χ3v) is 2.09. The smallest absolute Gasteiger partial charge is 0.214 e. The van der Waals surface area contributed by atoms with Crippen LogP contribution in [-0.2, 0) is 0 Å². The molecule has 0 amide bonds. The maximum Gasteiger partial charge on any atom is 0.214 e. The van der Waals surface area contributed by atoms with Gasteiger partial charge in [0.05, 0.1) is 0 Å². The van der Waals surface area contributed by atoms with E-state index in [-0.39, 0.29) is 6.10 Å². The maximum atomic E-state index is 8.64. The van der Waals surface area contributed by atoms with E-state index in [0.717, 1.165) is 12.8 Å². The first-order valence-corrected chi connectivity index (χ1v) is 4.57. The number of rotatable bonds is 2. The number of hydrogen-bond donors (Lipinski definition) is 0. The highest BCUT2D eigenvalue weighted by molar-refractivity contribution is 5.25. The van der Waals surface area contributed by atoms with Crippen LogP contribution in [-0.4, -0.2) is 11.1 Å². The van der Waals surface area contributed by atoms with Crippen molar-refractivity contribution in [2.45, 2.75) is 18.9 Å². The predicted molar refractivity (Wildman–Crippen MR) is 51.7 cm³/mol. The Labute approximate surface area is 82.7 Å². The lowest BCUT2D eigenvalue weighted by Gasteiger charge is -2.11. The largest absolute Gasteiger partial charge is 0.474 e. The molecule has 1 aromatic heterocycles. The molecule has 1 aliphatic carbocycles. The van der Waals surface area contributed by atoms with Crippen LogP contribution < -0.4 is 4.74 Å². The van der Waals surface area contributed by atoms with E-state index in [0.29, 0.717) is 11.6 Å². The van der Waals surface area contributed by atoms with Gasteiger partial charge in [0.25, 0.3) is 0 Å². The molecule has 0 spiro atoms. The second-order valence-corrected chi connectivity index (χ2v) is 3.16. The monoisotopic (exact) mass is 186 g/mol.